The van der Waals surface area contributed by atoms with Gasteiger partial charge in [0.2, 0.25) is 0 Å². The van der Waals surface area contributed by atoms with Crippen LogP contribution in [0.1, 0.15) is 34.3 Å². The number of hydrogen-bond acceptors (Lipinski definition) is 1. The minimum atomic E-state index is 0.143. The molecule has 0 aliphatic heterocycles. The van der Waals surface area contributed by atoms with E-state index in [4.69, 9.17) is 0 Å². The first-order valence-corrected chi connectivity index (χ1v) is 7.18. The van der Waals surface area contributed by atoms with E-state index in [1.165, 1.54) is 11.1 Å². The molecule has 20 heavy (non-hydrogen) atoms. The van der Waals surface area contributed by atoms with Gasteiger partial charge in [0.1, 0.15) is 0 Å². The van der Waals surface area contributed by atoms with Crippen LogP contribution in [-0.2, 0) is 6.42 Å². The predicted octanol–water partition coefficient (Wildman–Crippen LogP) is 4.54. The van der Waals surface area contributed by atoms with Crippen LogP contribution in [0.5, 0.6) is 0 Å². The van der Waals surface area contributed by atoms with Crippen molar-refractivity contribution in [2.75, 3.05) is 0 Å². The second kappa shape index (κ2) is 5.87. The van der Waals surface area contributed by atoms with Gasteiger partial charge in [0.25, 0.3) is 0 Å². The first-order valence-electron chi connectivity index (χ1n) is 7.18. The fraction of sp³-hybridized carbons (Fsp3) is 0.211. The zero-order valence-electron chi connectivity index (χ0n) is 11.5. The topological polar surface area (TPSA) is 17.1 Å². The molecule has 2 aromatic carbocycles. The summed E-state index contributed by atoms with van der Waals surface area (Å²) in [5.74, 6) is 0.453. The summed E-state index contributed by atoms with van der Waals surface area (Å²) in [5, 5.41) is 0. The second-order valence-corrected chi connectivity index (χ2v) is 5.31. The van der Waals surface area contributed by atoms with Crippen LogP contribution in [0.25, 0.3) is 6.08 Å². The number of carbonyl (C=O) groups is 1. The van der Waals surface area contributed by atoms with Crippen molar-refractivity contribution in [3.05, 3.63) is 77.4 Å². The summed E-state index contributed by atoms with van der Waals surface area (Å²) in [6, 6.07) is 18.2. The molecule has 0 bridgehead atoms. The lowest BCUT2D eigenvalue weighted by atomic mass is 9.81. The molecular formula is C19H18O. The Balaban J connectivity index is 1.68. The fourth-order valence-electron chi connectivity index (χ4n) is 2.82. The molecule has 1 aliphatic rings. The molecule has 0 spiro atoms. The normalized spacial score (nSPS) is 18.2. The maximum absolute atomic E-state index is 12.4. The van der Waals surface area contributed by atoms with Gasteiger partial charge in [-0.1, -0.05) is 66.7 Å². The lowest BCUT2D eigenvalue weighted by Gasteiger charge is -2.22. The molecule has 0 N–H and O–H groups in total. The highest BCUT2D eigenvalue weighted by molar-refractivity contribution is 6.00. The summed E-state index contributed by atoms with van der Waals surface area (Å²) in [6.45, 7) is 0. The maximum atomic E-state index is 12.4. The Morgan fingerprint density at radius 1 is 1.00 bits per heavy atom. The highest BCUT2D eigenvalue weighted by Gasteiger charge is 2.25. The third-order valence-corrected chi connectivity index (χ3v) is 3.95. The third-order valence-electron chi connectivity index (χ3n) is 3.95. The number of aryl methyl sites for hydroxylation is 1. The minimum absolute atomic E-state index is 0.143. The molecule has 3 rings (SSSR count). The van der Waals surface area contributed by atoms with Crippen molar-refractivity contribution in [1.82, 2.24) is 0 Å². The van der Waals surface area contributed by atoms with Gasteiger partial charge in [-0.3, -0.25) is 4.79 Å². The largest absolute Gasteiger partial charge is 0.294 e. The summed E-state index contributed by atoms with van der Waals surface area (Å²) in [7, 11) is 0. The van der Waals surface area contributed by atoms with Crippen LogP contribution in [0.4, 0.5) is 0 Å². The lowest BCUT2D eigenvalue weighted by molar-refractivity contribution is 0.0903. The van der Waals surface area contributed by atoms with Gasteiger partial charge in [-0.05, 0) is 30.4 Å². The molecular weight excluding hydrogens is 244 g/mol. The van der Waals surface area contributed by atoms with E-state index in [1.54, 1.807) is 0 Å². The summed E-state index contributed by atoms with van der Waals surface area (Å²) in [5.41, 5.74) is 3.33. The zero-order chi connectivity index (χ0) is 13.8. The summed E-state index contributed by atoms with van der Waals surface area (Å²) >= 11 is 0. The van der Waals surface area contributed by atoms with Crippen LogP contribution in [0, 0.1) is 5.92 Å². The molecule has 1 aliphatic carbocycles. The highest BCUT2D eigenvalue weighted by Crippen LogP contribution is 2.27. The number of rotatable bonds is 3. The number of fused-ring (bicyclic) bond motifs is 1. The molecule has 1 heteroatoms. The summed E-state index contributed by atoms with van der Waals surface area (Å²) < 4.78 is 0. The van der Waals surface area contributed by atoms with Crippen molar-refractivity contribution in [3.63, 3.8) is 0 Å². The van der Waals surface area contributed by atoms with Crippen LogP contribution in [0.2, 0.25) is 0 Å². The average Bonchev–Trinajstić information content (AvgIpc) is 2.51. The number of carbonyl (C=O) groups excluding carboxylic acids is 1. The molecule has 0 radical (unpaired) electrons. The van der Waals surface area contributed by atoms with Gasteiger partial charge >= 0.3 is 0 Å². The van der Waals surface area contributed by atoms with E-state index in [0.717, 1.165) is 24.8 Å². The molecule has 0 amide bonds. The van der Waals surface area contributed by atoms with Crippen molar-refractivity contribution >= 4 is 11.9 Å². The van der Waals surface area contributed by atoms with E-state index in [0.29, 0.717) is 5.78 Å². The number of allylic oxidation sites excluding steroid dienone is 1. The molecule has 0 saturated carbocycles. The number of ketones is 1. The van der Waals surface area contributed by atoms with E-state index in [9.17, 15) is 4.79 Å². The van der Waals surface area contributed by atoms with Crippen molar-refractivity contribution in [1.29, 1.82) is 0 Å². The second-order valence-electron chi connectivity index (χ2n) is 5.31. The van der Waals surface area contributed by atoms with E-state index in [-0.39, 0.29) is 5.92 Å². The van der Waals surface area contributed by atoms with E-state index >= 15 is 0 Å². The Hall–Kier alpha value is -2.15. The maximum Gasteiger partial charge on any atom is 0.166 e. The quantitative estimate of drug-likeness (QED) is 0.794. The molecule has 0 heterocycles. The van der Waals surface area contributed by atoms with Crippen LogP contribution in [0.3, 0.4) is 0 Å². The molecule has 0 fully saturated rings. The average molecular weight is 262 g/mol. The van der Waals surface area contributed by atoms with Crippen molar-refractivity contribution in [3.8, 4) is 0 Å². The van der Waals surface area contributed by atoms with Gasteiger partial charge in [-0.25, -0.2) is 0 Å². The van der Waals surface area contributed by atoms with Crippen molar-refractivity contribution < 1.29 is 4.79 Å². The monoisotopic (exact) mass is 262 g/mol. The van der Waals surface area contributed by atoms with Gasteiger partial charge in [0.05, 0.1) is 0 Å². The van der Waals surface area contributed by atoms with Gasteiger partial charge in [0, 0.05) is 11.5 Å². The minimum Gasteiger partial charge on any atom is -0.294 e. The van der Waals surface area contributed by atoms with Crippen molar-refractivity contribution in [2.24, 2.45) is 5.92 Å². The van der Waals surface area contributed by atoms with Gasteiger partial charge < -0.3 is 0 Å². The van der Waals surface area contributed by atoms with Crippen molar-refractivity contribution in [2.45, 2.75) is 19.3 Å². The first-order chi connectivity index (χ1) is 9.84. The van der Waals surface area contributed by atoms with E-state index in [1.807, 2.05) is 36.4 Å². The SMILES string of the molecule is O=C1c2ccccc2CCC1CC=Cc1ccccc1. The van der Waals surface area contributed by atoms with Crippen LogP contribution < -0.4 is 0 Å². The molecule has 100 valence electrons. The third kappa shape index (κ3) is 2.72. The Morgan fingerprint density at radius 2 is 1.75 bits per heavy atom. The van der Waals surface area contributed by atoms with E-state index in [2.05, 4.69) is 30.4 Å². The molecule has 1 unspecified atom stereocenters. The highest BCUT2D eigenvalue weighted by atomic mass is 16.1. The molecule has 1 atom stereocenters. The fourth-order valence-corrected chi connectivity index (χ4v) is 2.82. The van der Waals surface area contributed by atoms with Gasteiger partial charge in [-0.2, -0.15) is 0 Å². The first kappa shape index (κ1) is 12.9. The summed E-state index contributed by atoms with van der Waals surface area (Å²) in [6.07, 6.45) is 7.06. The summed E-state index contributed by atoms with van der Waals surface area (Å²) in [4.78, 5) is 12.4. The number of hydrogen-bond donors (Lipinski definition) is 0. The standard InChI is InChI=1S/C19H18O/c20-19-17(11-6-9-15-7-2-1-3-8-15)14-13-16-10-4-5-12-18(16)19/h1-10,12,17H,11,13-14H2. The smallest absolute Gasteiger partial charge is 0.166 e. The Morgan fingerprint density at radius 3 is 2.60 bits per heavy atom. The Kier molecular flexibility index (Phi) is 3.78. The van der Waals surface area contributed by atoms with Gasteiger partial charge in [-0.15, -0.1) is 0 Å². The molecule has 0 saturated heterocycles. The van der Waals surface area contributed by atoms with Gasteiger partial charge in [0.15, 0.2) is 5.78 Å². The van der Waals surface area contributed by atoms with E-state index < -0.39 is 0 Å². The number of Topliss-reactive ketones (excluding diaryl/α,β-unsaturated/α-hetero) is 1. The molecule has 1 nitrogen and oxygen atoms in total. The lowest BCUT2D eigenvalue weighted by Crippen LogP contribution is -2.21. The van der Waals surface area contributed by atoms with Crippen LogP contribution >= 0.6 is 0 Å². The van der Waals surface area contributed by atoms with Crippen LogP contribution in [0.15, 0.2) is 60.7 Å². The van der Waals surface area contributed by atoms with Crippen LogP contribution in [-0.4, -0.2) is 5.78 Å². The zero-order valence-corrected chi connectivity index (χ0v) is 11.5. The molecule has 2 aromatic rings. The Labute approximate surface area is 120 Å². The Bertz CT molecular complexity index is 625. The number of benzene rings is 2. The molecule has 0 aromatic heterocycles. The predicted molar refractivity (Wildman–Crippen MR) is 82.7 cm³/mol.